The molecular formula is C19H26ClN3O2. The van der Waals surface area contributed by atoms with E-state index in [2.05, 4.69) is 23.6 Å². The lowest BCUT2D eigenvalue weighted by molar-refractivity contribution is -0.0167. The van der Waals surface area contributed by atoms with E-state index in [1.165, 1.54) is 5.56 Å². The predicted octanol–water partition coefficient (Wildman–Crippen LogP) is 2.37. The molecule has 1 fully saturated rings. The normalized spacial score (nSPS) is 17.2. The molecule has 0 aliphatic carbocycles. The average Bonchev–Trinajstić information content (AvgIpc) is 2.90. The monoisotopic (exact) mass is 363 g/mol. The fraction of sp³-hybridized carbons (Fsp3) is 0.421. The molecule has 136 valence electrons. The fourth-order valence-corrected chi connectivity index (χ4v) is 3.24. The Bertz CT molecular complexity index is 715. The van der Waals surface area contributed by atoms with Crippen molar-refractivity contribution in [2.75, 3.05) is 26.2 Å². The van der Waals surface area contributed by atoms with Crippen LogP contribution in [0.15, 0.2) is 36.4 Å². The topological polar surface area (TPSA) is 60.5 Å². The maximum atomic E-state index is 12.9. The number of aryl methyl sites for hydroxylation is 1. The van der Waals surface area contributed by atoms with Gasteiger partial charge in [-0.3, -0.25) is 4.79 Å². The van der Waals surface area contributed by atoms with E-state index in [-0.39, 0.29) is 24.4 Å². The van der Waals surface area contributed by atoms with Crippen LogP contribution in [0.5, 0.6) is 0 Å². The van der Waals surface area contributed by atoms with Crippen molar-refractivity contribution < 1.29 is 9.53 Å². The summed E-state index contributed by atoms with van der Waals surface area (Å²) in [4.78, 5) is 14.8. The molecule has 1 saturated heterocycles. The lowest BCUT2D eigenvalue weighted by Gasteiger charge is -2.32. The van der Waals surface area contributed by atoms with Crippen molar-refractivity contribution in [3.8, 4) is 0 Å². The molecule has 1 aromatic heterocycles. The first-order chi connectivity index (χ1) is 11.6. The van der Waals surface area contributed by atoms with Crippen LogP contribution < -0.4 is 5.73 Å². The summed E-state index contributed by atoms with van der Waals surface area (Å²) in [6, 6.07) is 12.3. The summed E-state index contributed by atoms with van der Waals surface area (Å²) in [5.74, 6) is 0.0733. The van der Waals surface area contributed by atoms with Crippen molar-refractivity contribution in [3.63, 3.8) is 0 Å². The largest absolute Gasteiger partial charge is 0.373 e. The van der Waals surface area contributed by atoms with E-state index in [0.717, 1.165) is 23.5 Å². The molecule has 2 heterocycles. The number of hydrogen-bond acceptors (Lipinski definition) is 3. The van der Waals surface area contributed by atoms with E-state index >= 15 is 0 Å². The molecular weight excluding hydrogens is 338 g/mol. The molecule has 1 aliphatic rings. The van der Waals surface area contributed by atoms with Gasteiger partial charge in [0.2, 0.25) is 0 Å². The van der Waals surface area contributed by atoms with Gasteiger partial charge in [0.1, 0.15) is 0 Å². The lowest BCUT2D eigenvalue weighted by Crippen LogP contribution is -2.48. The molecule has 0 bridgehead atoms. The highest BCUT2D eigenvalue weighted by atomic mass is 35.5. The molecule has 0 spiro atoms. The van der Waals surface area contributed by atoms with Crippen molar-refractivity contribution in [3.05, 3.63) is 58.9 Å². The molecule has 6 heteroatoms. The van der Waals surface area contributed by atoms with Crippen LogP contribution in [0, 0.1) is 13.8 Å². The Morgan fingerprint density at radius 2 is 2.00 bits per heavy atom. The SMILES string of the molecule is Cc1cc(C(=O)N2CCOC(CN)C2)c(C)n1Cc1ccccc1.Cl. The number of halogens is 1. The van der Waals surface area contributed by atoms with Gasteiger partial charge in [-0.2, -0.15) is 0 Å². The zero-order chi connectivity index (χ0) is 17.1. The Balaban J connectivity index is 0.00000225. The predicted molar refractivity (Wildman–Crippen MR) is 101 cm³/mol. The standard InChI is InChI=1S/C19H25N3O2.ClH/c1-14-10-18(19(23)21-8-9-24-17(11-20)13-21)15(2)22(14)12-16-6-4-3-5-7-16;/h3-7,10,17H,8-9,11-13,20H2,1-2H3;1H. The summed E-state index contributed by atoms with van der Waals surface area (Å²) in [5.41, 5.74) is 9.80. The van der Waals surface area contributed by atoms with Gasteiger partial charge in [0.05, 0.1) is 18.3 Å². The Labute approximate surface area is 155 Å². The molecule has 1 aromatic carbocycles. The van der Waals surface area contributed by atoms with Crippen LogP contribution in [0.4, 0.5) is 0 Å². The van der Waals surface area contributed by atoms with E-state index in [1.54, 1.807) is 0 Å². The van der Waals surface area contributed by atoms with E-state index in [4.69, 9.17) is 10.5 Å². The minimum Gasteiger partial charge on any atom is -0.373 e. The van der Waals surface area contributed by atoms with Gasteiger partial charge < -0.3 is 19.9 Å². The van der Waals surface area contributed by atoms with Crippen LogP contribution in [0.3, 0.4) is 0 Å². The van der Waals surface area contributed by atoms with Crippen molar-refractivity contribution in [1.29, 1.82) is 0 Å². The van der Waals surface area contributed by atoms with Gasteiger partial charge in [-0.25, -0.2) is 0 Å². The Hall–Kier alpha value is -1.82. The van der Waals surface area contributed by atoms with Crippen molar-refractivity contribution in [2.45, 2.75) is 26.5 Å². The van der Waals surface area contributed by atoms with Gasteiger partial charge in [0.25, 0.3) is 5.91 Å². The highest BCUT2D eigenvalue weighted by Gasteiger charge is 2.26. The van der Waals surface area contributed by atoms with Crippen molar-refractivity contribution in [2.24, 2.45) is 5.73 Å². The molecule has 1 aliphatic heterocycles. The highest BCUT2D eigenvalue weighted by Crippen LogP contribution is 2.20. The summed E-state index contributed by atoms with van der Waals surface area (Å²) >= 11 is 0. The number of ether oxygens (including phenoxy) is 1. The number of carbonyl (C=O) groups is 1. The first kappa shape index (κ1) is 19.5. The first-order valence-corrected chi connectivity index (χ1v) is 8.41. The number of morpholine rings is 1. The number of nitrogens with two attached hydrogens (primary N) is 1. The second-order valence-corrected chi connectivity index (χ2v) is 6.34. The summed E-state index contributed by atoms with van der Waals surface area (Å²) in [7, 11) is 0. The molecule has 1 unspecified atom stereocenters. The zero-order valence-electron chi connectivity index (χ0n) is 14.8. The van der Waals surface area contributed by atoms with Crippen molar-refractivity contribution in [1.82, 2.24) is 9.47 Å². The fourth-order valence-electron chi connectivity index (χ4n) is 3.24. The molecule has 3 rings (SSSR count). The summed E-state index contributed by atoms with van der Waals surface area (Å²) in [6.45, 7) is 7.03. The average molecular weight is 364 g/mol. The smallest absolute Gasteiger partial charge is 0.255 e. The van der Waals surface area contributed by atoms with Gasteiger partial charge in [0.15, 0.2) is 0 Å². The van der Waals surface area contributed by atoms with Crippen LogP contribution in [0.2, 0.25) is 0 Å². The molecule has 1 amide bonds. The number of rotatable bonds is 4. The molecule has 0 radical (unpaired) electrons. The number of benzene rings is 1. The molecule has 2 N–H and O–H groups in total. The highest BCUT2D eigenvalue weighted by molar-refractivity contribution is 5.95. The molecule has 1 atom stereocenters. The lowest BCUT2D eigenvalue weighted by atomic mass is 10.2. The Morgan fingerprint density at radius 1 is 1.28 bits per heavy atom. The van der Waals surface area contributed by atoms with Gasteiger partial charge in [0, 0.05) is 37.6 Å². The van der Waals surface area contributed by atoms with Crippen LogP contribution >= 0.6 is 12.4 Å². The van der Waals surface area contributed by atoms with E-state index in [9.17, 15) is 4.79 Å². The second kappa shape index (κ2) is 8.52. The van der Waals surface area contributed by atoms with Crippen molar-refractivity contribution >= 4 is 18.3 Å². The van der Waals surface area contributed by atoms with Gasteiger partial charge in [-0.05, 0) is 25.5 Å². The van der Waals surface area contributed by atoms with E-state index in [1.807, 2.05) is 36.1 Å². The van der Waals surface area contributed by atoms with Gasteiger partial charge in [-0.15, -0.1) is 12.4 Å². The summed E-state index contributed by atoms with van der Waals surface area (Å²) in [5, 5.41) is 0. The van der Waals surface area contributed by atoms with Crippen LogP contribution in [-0.4, -0.2) is 47.7 Å². The maximum Gasteiger partial charge on any atom is 0.255 e. The zero-order valence-corrected chi connectivity index (χ0v) is 15.6. The van der Waals surface area contributed by atoms with Gasteiger partial charge >= 0.3 is 0 Å². The Morgan fingerprint density at radius 3 is 2.68 bits per heavy atom. The third-order valence-corrected chi connectivity index (χ3v) is 4.68. The molecule has 5 nitrogen and oxygen atoms in total. The maximum absolute atomic E-state index is 12.9. The third-order valence-electron chi connectivity index (χ3n) is 4.68. The number of carbonyl (C=O) groups excluding carboxylic acids is 1. The molecule has 0 saturated carbocycles. The van der Waals surface area contributed by atoms with Gasteiger partial charge in [-0.1, -0.05) is 30.3 Å². The molecule has 2 aromatic rings. The number of nitrogens with zero attached hydrogens (tertiary/aromatic N) is 2. The number of amides is 1. The van der Waals surface area contributed by atoms with Crippen LogP contribution in [0.25, 0.3) is 0 Å². The van der Waals surface area contributed by atoms with Crippen LogP contribution in [-0.2, 0) is 11.3 Å². The van der Waals surface area contributed by atoms with Crippen LogP contribution in [0.1, 0.15) is 27.3 Å². The van der Waals surface area contributed by atoms with E-state index in [0.29, 0.717) is 26.2 Å². The number of hydrogen-bond donors (Lipinski definition) is 1. The minimum absolute atomic E-state index is 0. The third kappa shape index (κ3) is 4.24. The number of aromatic nitrogens is 1. The molecule has 25 heavy (non-hydrogen) atoms. The first-order valence-electron chi connectivity index (χ1n) is 8.41. The second-order valence-electron chi connectivity index (χ2n) is 6.34. The quantitative estimate of drug-likeness (QED) is 0.907. The summed E-state index contributed by atoms with van der Waals surface area (Å²) < 4.78 is 7.76. The summed E-state index contributed by atoms with van der Waals surface area (Å²) in [6.07, 6.45) is -0.0597. The minimum atomic E-state index is -0.0597. The Kier molecular flexibility index (Phi) is 6.64. The van der Waals surface area contributed by atoms with E-state index < -0.39 is 0 Å².